The van der Waals surface area contributed by atoms with Crippen LogP contribution in [0.2, 0.25) is 0 Å². The number of benzene rings is 2. The number of rotatable bonds is 8. The molecule has 1 amide bonds. The average Bonchev–Trinajstić information content (AvgIpc) is 3.40. The van der Waals surface area contributed by atoms with E-state index in [2.05, 4.69) is 38.7 Å². The zero-order chi connectivity index (χ0) is 26.9. The number of hydrogen-bond acceptors (Lipinski definition) is 5. The Bertz CT molecular complexity index is 1350. The number of nitrogens with one attached hydrogen (secondary N) is 3. The van der Waals surface area contributed by atoms with Gasteiger partial charge in [0, 0.05) is 80.5 Å². The van der Waals surface area contributed by atoms with Gasteiger partial charge < -0.3 is 20.4 Å². The number of hydrogen-bond donors (Lipinski definition) is 3. The molecular formula is C29H32F2N4O3. The molecule has 0 aliphatic carbocycles. The van der Waals surface area contributed by atoms with Crippen LogP contribution in [0.15, 0.2) is 65.7 Å². The highest BCUT2D eigenvalue weighted by atomic mass is 19.3. The Balaban J connectivity index is 1.17. The fourth-order valence-electron chi connectivity index (χ4n) is 5.38. The molecule has 2 aliphatic heterocycles. The predicted molar refractivity (Wildman–Crippen MR) is 142 cm³/mol. The number of amides is 1. The molecule has 0 atom stereocenters. The number of piperidine rings is 1. The van der Waals surface area contributed by atoms with E-state index in [9.17, 15) is 18.4 Å². The number of likely N-dealkylation sites (tertiary alicyclic amines) is 1. The number of para-hydroxylation sites is 1. The second kappa shape index (κ2) is 10.2. The second-order valence-corrected chi connectivity index (χ2v) is 10.2. The monoisotopic (exact) mass is 522 g/mol. The van der Waals surface area contributed by atoms with E-state index in [1.807, 2.05) is 12.1 Å². The number of aromatic nitrogens is 1. The fourth-order valence-corrected chi connectivity index (χ4v) is 5.38. The Labute approximate surface area is 220 Å². The summed E-state index contributed by atoms with van der Waals surface area (Å²) >= 11 is 0. The van der Waals surface area contributed by atoms with Gasteiger partial charge in [0.1, 0.15) is 5.60 Å². The van der Waals surface area contributed by atoms with Crippen LogP contribution in [0, 0.1) is 0 Å². The molecule has 2 aromatic carbocycles. The summed E-state index contributed by atoms with van der Waals surface area (Å²) in [6, 6.07) is 16.3. The molecule has 3 heterocycles. The number of anilines is 1. The summed E-state index contributed by atoms with van der Waals surface area (Å²) in [4.78, 5) is 31.5. The predicted octanol–water partition coefficient (Wildman–Crippen LogP) is 4.72. The van der Waals surface area contributed by atoms with Crippen molar-refractivity contribution in [2.45, 2.75) is 44.8 Å². The maximum Gasteiger partial charge on any atom is 0.335 e. The first kappa shape index (κ1) is 25.9. The molecule has 1 aromatic heterocycles. The third-order valence-electron chi connectivity index (χ3n) is 7.40. The molecule has 5 rings (SSSR count). The highest BCUT2D eigenvalue weighted by Gasteiger charge is 2.50. The minimum absolute atomic E-state index is 0.0771. The summed E-state index contributed by atoms with van der Waals surface area (Å²) in [6.45, 7) is 5.22. The van der Waals surface area contributed by atoms with Crippen molar-refractivity contribution < 1.29 is 23.1 Å². The molecule has 3 aromatic rings. The Morgan fingerprint density at radius 3 is 2.61 bits per heavy atom. The number of H-pyrrole nitrogens is 1. The minimum atomic E-state index is -2.93. The Kier molecular flexibility index (Phi) is 6.96. The van der Waals surface area contributed by atoms with Gasteiger partial charge in [-0.2, -0.15) is 0 Å². The van der Waals surface area contributed by atoms with E-state index in [-0.39, 0.29) is 18.0 Å². The first-order valence-electron chi connectivity index (χ1n) is 12.9. The van der Waals surface area contributed by atoms with Gasteiger partial charge in [-0.3, -0.25) is 9.69 Å². The molecule has 0 radical (unpaired) electrons. The largest absolute Gasteiger partial charge is 0.450 e. The third-order valence-corrected chi connectivity index (χ3v) is 7.40. The van der Waals surface area contributed by atoms with Crippen molar-refractivity contribution in [1.29, 1.82) is 0 Å². The molecule has 38 heavy (non-hydrogen) atoms. The molecule has 2 aliphatic rings. The summed E-state index contributed by atoms with van der Waals surface area (Å²) in [6.07, 6.45) is 1.07. The quantitative estimate of drug-likeness (QED) is 0.295. The van der Waals surface area contributed by atoms with Crippen LogP contribution in [0.1, 0.15) is 37.9 Å². The van der Waals surface area contributed by atoms with E-state index in [0.717, 1.165) is 24.7 Å². The van der Waals surface area contributed by atoms with Crippen molar-refractivity contribution >= 4 is 28.5 Å². The Morgan fingerprint density at radius 2 is 1.87 bits per heavy atom. The smallest absolute Gasteiger partial charge is 0.335 e. The van der Waals surface area contributed by atoms with Crippen LogP contribution in [0.4, 0.5) is 14.5 Å². The highest BCUT2D eigenvalue weighted by Crippen LogP contribution is 2.41. The van der Waals surface area contributed by atoms with E-state index in [4.69, 9.17) is 4.74 Å². The number of carbonyl (C=O) groups excluding carboxylic acids is 2. The standard InChI is InChI=1S/C29H32F2N4O3/c1-19-25(26(36)33-13-12-32-22-8-5-7-21(17-22)28(2,30)31)29(38-27(19)37)10-14-35(15-11-29)18-23-16-20-6-3-4-9-24(20)34-23/h3-9,16-17,32,34H,10-15,18H2,1-2H3,(H,33,36). The summed E-state index contributed by atoms with van der Waals surface area (Å²) in [5, 5.41) is 7.10. The lowest BCUT2D eigenvalue weighted by Crippen LogP contribution is -2.48. The number of nitrogens with zero attached hydrogens (tertiary/aromatic N) is 1. The summed E-state index contributed by atoms with van der Waals surface area (Å²) < 4.78 is 33.0. The molecule has 1 fully saturated rings. The molecule has 7 nitrogen and oxygen atoms in total. The number of ether oxygens (including phenoxy) is 1. The van der Waals surface area contributed by atoms with Crippen LogP contribution < -0.4 is 10.6 Å². The lowest BCUT2D eigenvalue weighted by molar-refractivity contribution is -0.151. The van der Waals surface area contributed by atoms with Crippen LogP contribution in [-0.2, 0) is 26.8 Å². The maximum atomic E-state index is 13.6. The van der Waals surface area contributed by atoms with Gasteiger partial charge in [0.05, 0.1) is 5.57 Å². The second-order valence-electron chi connectivity index (χ2n) is 10.2. The fraction of sp³-hybridized carbons (Fsp3) is 0.379. The lowest BCUT2D eigenvalue weighted by atomic mass is 9.82. The van der Waals surface area contributed by atoms with Crippen molar-refractivity contribution in [3.63, 3.8) is 0 Å². The number of alkyl halides is 2. The van der Waals surface area contributed by atoms with Crippen molar-refractivity contribution in [2.24, 2.45) is 0 Å². The Morgan fingerprint density at radius 1 is 1.11 bits per heavy atom. The molecular weight excluding hydrogens is 490 g/mol. The van der Waals surface area contributed by atoms with Crippen LogP contribution in [0.3, 0.4) is 0 Å². The van der Waals surface area contributed by atoms with Crippen LogP contribution in [0.25, 0.3) is 10.9 Å². The summed E-state index contributed by atoms with van der Waals surface area (Å²) in [5.74, 6) is -3.70. The number of fused-ring (bicyclic) bond motifs is 1. The third kappa shape index (κ3) is 5.29. The molecule has 0 saturated carbocycles. The molecule has 3 N–H and O–H groups in total. The number of aromatic amines is 1. The molecule has 0 bridgehead atoms. The van der Waals surface area contributed by atoms with Crippen molar-refractivity contribution in [3.05, 3.63) is 77.0 Å². The number of carbonyl (C=O) groups is 2. The SMILES string of the molecule is CC1=C(C(=O)NCCNc2cccc(C(C)(F)F)c2)C2(CCN(Cc3cc4ccccc4[nH]3)CC2)OC1=O. The van der Waals surface area contributed by atoms with E-state index in [1.165, 1.54) is 17.5 Å². The van der Waals surface area contributed by atoms with Gasteiger partial charge in [0.2, 0.25) is 0 Å². The van der Waals surface area contributed by atoms with Crippen LogP contribution in [-0.4, -0.2) is 53.5 Å². The summed E-state index contributed by atoms with van der Waals surface area (Å²) in [7, 11) is 0. The minimum Gasteiger partial charge on any atom is -0.450 e. The average molecular weight is 523 g/mol. The highest BCUT2D eigenvalue weighted by molar-refractivity contribution is 6.07. The molecule has 9 heteroatoms. The first-order chi connectivity index (χ1) is 18.1. The lowest BCUT2D eigenvalue weighted by Gasteiger charge is -2.39. The maximum absolute atomic E-state index is 13.6. The summed E-state index contributed by atoms with van der Waals surface area (Å²) in [5.41, 5.74) is 2.52. The van der Waals surface area contributed by atoms with Crippen LogP contribution >= 0.6 is 0 Å². The van der Waals surface area contributed by atoms with Gasteiger partial charge in [-0.1, -0.05) is 30.3 Å². The zero-order valence-corrected chi connectivity index (χ0v) is 21.6. The van der Waals surface area contributed by atoms with E-state index in [0.29, 0.717) is 49.3 Å². The van der Waals surface area contributed by atoms with Gasteiger partial charge in [-0.25, -0.2) is 13.6 Å². The molecule has 0 unspecified atom stereocenters. The van der Waals surface area contributed by atoms with Crippen molar-refractivity contribution in [1.82, 2.24) is 15.2 Å². The zero-order valence-electron chi connectivity index (χ0n) is 21.6. The van der Waals surface area contributed by atoms with Crippen LogP contribution in [0.5, 0.6) is 0 Å². The van der Waals surface area contributed by atoms with Gasteiger partial charge in [-0.05, 0) is 36.6 Å². The Hall–Kier alpha value is -3.72. The normalized spacial score (nSPS) is 17.7. The van der Waals surface area contributed by atoms with E-state index in [1.54, 1.807) is 19.1 Å². The number of halogens is 2. The number of esters is 1. The molecule has 1 spiro atoms. The van der Waals surface area contributed by atoms with E-state index < -0.39 is 17.5 Å². The molecule has 200 valence electrons. The van der Waals surface area contributed by atoms with Crippen molar-refractivity contribution in [2.75, 3.05) is 31.5 Å². The molecule has 1 saturated heterocycles. The van der Waals surface area contributed by atoms with E-state index >= 15 is 0 Å². The van der Waals surface area contributed by atoms with Gasteiger partial charge >= 0.3 is 5.97 Å². The first-order valence-corrected chi connectivity index (χ1v) is 12.9. The van der Waals surface area contributed by atoms with Gasteiger partial charge in [0.25, 0.3) is 11.8 Å². The van der Waals surface area contributed by atoms with Crippen molar-refractivity contribution in [3.8, 4) is 0 Å². The van der Waals surface area contributed by atoms with Gasteiger partial charge in [0.15, 0.2) is 0 Å². The topological polar surface area (TPSA) is 86.5 Å². The van der Waals surface area contributed by atoms with Gasteiger partial charge in [-0.15, -0.1) is 0 Å².